The Kier molecular flexibility index (Phi) is 5.12. The van der Waals surface area contributed by atoms with Gasteiger partial charge in [0.05, 0.1) is 10.2 Å². The summed E-state index contributed by atoms with van der Waals surface area (Å²) < 4.78 is 1.13. The minimum atomic E-state index is -0.702. The molecular weight excluding hydrogens is 334 g/mol. The molecule has 1 saturated heterocycles. The van der Waals surface area contributed by atoms with Crippen LogP contribution in [-0.2, 0) is 4.79 Å². The molecule has 1 aliphatic heterocycles. The Morgan fingerprint density at radius 2 is 2.44 bits per heavy atom. The zero-order chi connectivity index (χ0) is 13.1. The summed E-state index contributed by atoms with van der Waals surface area (Å²) in [5.41, 5.74) is 0. The molecule has 0 spiro atoms. The van der Waals surface area contributed by atoms with Gasteiger partial charge in [0, 0.05) is 35.0 Å². The molecule has 0 aromatic carbocycles. The summed E-state index contributed by atoms with van der Waals surface area (Å²) in [5, 5.41) is 9.00. The molecule has 1 aromatic rings. The summed E-state index contributed by atoms with van der Waals surface area (Å²) in [6.45, 7) is 3.14. The fourth-order valence-corrected chi connectivity index (χ4v) is 4.86. The molecule has 0 radical (unpaired) electrons. The lowest BCUT2D eigenvalue weighted by Crippen LogP contribution is -2.44. The van der Waals surface area contributed by atoms with E-state index in [0.29, 0.717) is 6.04 Å². The molecule has 100 valence electrons. The summed E-state index contributed by atoms with van der Waals surface area (Å²) in [6, 6.07) is 4.63. The van der Waals surface area contributed by atoms with Gasteiger partial charge in [0.15, 0.2) is 0 Å². The van der Waals surface area contributed by atoms with Crippen LogP contribution in [0, 0.1) is 0 Å². The first-order valence-electron chi connectivity index (χ1n) is 5.88. The van der Waals surface area contributed by atoms with Crippen molar-refractivity contribution in [2.45, 2.75) is 25.4 Å². The second kappa shape index (κ2) is 6.41. The molecule has 1 aliphatic rings. The number of rotatable bonds is 4. The van der Waals surface area contributed by atoms with Gasteiger partial charge in [0.25, 0.3) is 0 Å². The number of hydrogen-bond acceptors (Lipinski definition) is 4. The van der Waals surface area contributed by atoms with E-state index in [1.165, 1.54) is 4.88 Å². The molecule has 3 nitrogen and oxygen atoms in total. The lowest BCUT2D eigenvalue weighted by molar-refractivity contribution is -0.138. The van der Waals surface area contributed by atoms with E-state index < -0.39 is 5.97 Å². The minimum absolute atomic E-state index is 0.150. The molecular formula is C12H16BrNO2S2. The molecule has 2 atom stereocenters. The van der Waals surface area contributed by atoms with E-state index in [4.69, 9.17) is 5.11 Å². The third kappa shape index (κ3) is 3.50. The van der Waals surface area contributed by atoms with E-state index in [-0.39, 0.29) is 12.5 Å². The summed E-state index contributed by atoms with van der Waals surface area (Å²) in [5.74, 6) is 1.31. The molecule has 1 N–H and O–H groups in total. The topological polar surface area (TPSA) is 40.5 Å². The predicted molar refractivity (Wildman–Crippen MR) is 80.5 cm³/mol. The Labute approximate surface area is 124 Å². The number of hydrogen-bond donors (Lipinski definition) is 1. The summed E-state index contributed by atoms with van der Waals surface area (Å²) >= 11 is 7.07. The first kappa shape index (κ1) is 14.4. The van der Waals surface area contributed by atoms with Gasteiger partial charge in [-0.2, -0.15) is 11.8 Å². The molecule has 0 aliphatic carbocycles. The van der Waals surface area contributed by atoms with E-state index in [1.54, 1.807) is 11.3 Å². The standard InChI is InChI=1S/C12H16BrNO2S2/c1-8(10-2-3-11(13)18-10)14-4-5-17-7-9(14)6-12(15)16/h2-3,8-9H,4-7H2,1H3,(H,15,16). The number of halogens is 1. The number of carboxylic acids is 1. The number of thioether (sulfide) groups is 1. The van der Waals surface area contributed by atoms with Crippen molar-refractivity contribution in [3.8, 4) is 0 Å². The minimum Gasteiger partial charge on any atom is -0.481 e. The molecule has 6 heteroatoms. The van der Waals surface area contributed by atoms with Gasteiger partial charge in [0.2, 0.25) is 0 Å². The van der Waals surface area contributed by atoms with Crippen LogP contribution in [0.2, 0.25) is 0 Å². The second-order valence-electron chi connectivity index (χ2n) is 4.38. The van der Waals surface area contributed by atoms with Crippen LogP contribution in [0.15, 0.2) is 15.9 Å². The molecule has 0 saturated carbocycles. The third-order valence-corrected chi connectivity index (χ3v) is 6.07. The van der Waals surface area contributed by atoms with Gasteiger partial charge in [-0.25, -0.2) is 0 Å². The van der Waals surface area contributed by atoms with Crippen LogP contribution in [0.5, 0.6) is 0 Å². The van der Waals surface area contributed by atoms with Gasteiger partial charge < -0.3 is 5.11 Å². The Bertz CT molecular complexity index is 424. The van der Waals surface area contributed by atoms with Gasteiger partial charge in [-0.3, -0.25) is 9.69 Å². The van der Waals surface area contributed by atoms with Crippen molar-refractivity contribution in [1.82, 2.24) is 4.90 Å². The number of thiophene rings is 1. The molecule has 2 unspecified atom stereocenters. The molecule has 1 fully saturated rings. The van der Waals surface area contributed by atoms with Crippen molar-refractivity contribution in [2.24, 2.45) is 0 Å². The lowest BCUT2D eigenvalue weighted by atomic mass is 10.1. The zero-order valence-electron chi connectivity index (χ0n) is 10.1. The Hall–Kier alpha value is -0.0400. The molecule has 2 heterocycles. The summed E-state index contributed by atoms with van der Waals surface area (Å²) in [4.78, 5) is 14.6. The van der Waals surface area contributed by atoms with Crippen molar-refractivity contribution < 1.29 is 9.90 Å². The number of aliphatic carboxylic acids is 1. The quantitative estimate of drug-likeness (QED) is 0.903. The highest BCUT2D eigenvalue weighted by atomic mass is 79.9. The molecule has 0 bridgehead atoms. The first-order valence-corrected chi connectivity index (χ1v) is 8.65. The highest BCUT2D eigenvalue weighted by Gasteiger charge is 2.29. The van der Waals surface area contributed by atoms with E-state index in [9.17, 15) is 4.79 Å². The first-order chi connectivity index (χ1) is 8.58. The maximum Gasteiger partial charge on any atom is 0.304 e. The van der Waals surface area contributed by atoms with Crippen LogP contribution < -0.4 is 0 Å². The van der Waals surface area contributed by atoms with Crippen molar-refractivity contribution in [1.29, 1.82) is 0 Å². The van der Waals surface area contributed by atoms with Gasteiger partial charge in [-0.15, -0.1) is 11.3 Å². The largest absolute Gasteiger partial charge is 0.481 e. The number of carboxylic acid groups (broad SMARTS) is 1. The average molecular weight is 350 g/mol. The summed E-state index contributed by atoms with van der Waals surface area (Å²) in [7, 11) is 0. The van der Waals surface area contributed by atoms with Crippen molar-refractivity contribution in [3.63, 3.8) is 0 Å². The fraction of sp³-hybridized carbons (Fsp3) is 0.583. The maximum absolute atomic E-state index is 10.9. The van der Waals surface area contributed by atoms with Crippen LogP contribution in [-0.4, -0.2) is 40.1 Å². The van der Waals surface area contributed by atoms with E-state index in [2.05, 4.69) is 39.9 Å². The Morgan fingerprint density at radius 1 is 1.67 bits per heavy atom. The highest BCUT2D eigenvalue weighted by Crippen LogP contribution is 2.34. The monoisotopic (exact) mass is 349 g/mol. The Balaban J connectivity index is 2.10. The molecule has 1 aromatic heterocycles. The fourth-order valence-electron chi connectivity index (χ4n) is 2.27. The van der Waals surface area contributed by atoms with Crippen LogP contribution in [0.4, 0.5) is 0 Å². The lowest BCUT2D eigenvalue weighted by Gasteiger charge is -2.38. The van der Waals surface area contributed by atoms with E-state index in [1.807, 2.05) is 11.8 Å². The van der Waals surface area contributed by atoms with E-state index in [0.717, 1.165) is 21.8 Å². The predicted octanol–water partition coefficient (Wildman–Crippen LogP) is 3.46. The second-order valence-corrected chi connectivity index (χ2v) is 8.03. The molecule has 0 amide bonds. The van der Waals surface area contributed by atoms with Crippen LogP contribution in [0.1, 0.15) is 24.3 Å². The van der Waals surface area contributed by atoms with Crippen molar-refractivity contribution in [3.05, 3.63) is 20.8 Å². The van der Waals surface area contributed by atoms with Gasteiger partial charge in [-0.1, -0.05) is 0 Å². The van der Waals surface area contributed by atoms with E-state index >= 15 is 0 Å². The van der Waals surface area contributed by atoms with Crippen molar-refractivity contribution >= 4 is 45.0 Å². The number of carbonyl (C=O) groups is 1. The average Bonchev–Trinajstić information content (AvgIpc) is 2.75. The SMILES string of the molecule is CC(c1ccc(Br)s1)N1CCSCC1CC(=O)O. The van der Waals surface area contributed by atoms with Crippen LogP contribution in [0.3, 0.4) is 0 Å². The van der Waals surface area contributed by atoms with Crippen molar-refractivity contribution in [2.75, 3.05) is 18.1 Å². The molecule has 2 rings (SSSR count). The summed E-state index contributed by atoms with van der Waals surface area (Å²) in [6.07, 6.45) is 0.240. The Morgan fingerprint density at radius 3 is 3.06 bits per heavy atom. The third-order valence-electron chi connectivity index (χ3n) is 3.19. The normalized spacial score (nSPS) is 22.9. The van der Waals surface area contributed by atoms with Gasteiger partial charge in [0.1, 0.15) is 0 Å². The zero-order valence-corrected chi connectivity index (χ0v) is 13.4. The van der Waals surface area contributed by atoms with Gasteiger partial charge in [-0.05, 0) is 35.0 Å². The highest BCUT2D eigenvalue weighted by molar-refractivity contribution is 9.11. The van der Waals surface area contributed by atoms with Gasteiger partial charge >= 0.3 is 5.97 Å². The van der Waals surface area contributed by atoms with Crippen LogP contribution in [0.25, 0.3) is 0 Å². The molecule has 18 heavy (non-hydrogen) atoms. The number of nitrogens with zero attached hydrogens (tertiary/aromatic N) is 1. The van der Waals surface area contributed by atoms with Crippen LogP contribution >= 0.6 is 39.0 Å². The smallest absolute Gasteiger partial charge is 0.304 e. The maximum atomic E-state index is 10.9.